The van der Waals surface area contributed by atoms with Crippen LogP contribution in [0.25, 0.3) is 0 Å². The quantitative estimate of drug-likeness (QED) is 0.556. The molecule has 2 unspecified atom stereocenters. The van der Waals surface area contributed by atoms with Crippen LogP contribution in [0, 0.1) is 0 Å². The fourth-order valence-electron chi connectivity index (χ4n) is 1.78. The second-order valence-electron chi connectivity index (χ2n) is 4.58. The van der Waals surface area contributed by atoms with E-state index in [0.717, 1.165) is 25.8 Å². The molecule has 0 aromatic heterocycles. The molecule has 1 aliphatic heterocycles. The third-order valence-corrected chi connectivity index (χ3v) is 2.98. The van der Waals surface area contributed by atoms with Gasteiger partial charge >= 0.3 is 0 Å². The van der Waals surface area contributed by atoms with Crippen LogP contribution in [0.3, 0.4) is 0 Å². The zero-order valence-corrected chi connectivity index (χ0v) is 10.7. The van der Waals surface area contributed by atoms with Crippen LogP contribution in [0.5, 0.6) is 0 Å². The van der Waals surface area contributed by atoms with Crippen molar-refractivity contribution in [3.8, 4) is 0 Å². The van der Waals surface area contributed by atoms with E-state index in [2.05, 4.69) is 22.9 Å². The van der Waals surface area contributed by atoms with Gasteiger partial charge in [0.25, 0.3) is 0 Å². The predicted octanol–water partition coefficient (Wildman–Crippen LogP) is 0.159. The monoisotopic (exact) mass is 241 g/mol. The number of nitrogens with one attached hydrogen (secondary N) is 3. The summed E-state index contributed by atoms with van der Waals surface area (Å²) in [5, 5.41) is 8.89. The van der Waals surface area contributed by atoms with E-state index in [9.17, 15) is 9.59 Å². The fourth-order valence-corrected chi connectivity index (χ4v) is 1.78. The topological polar surface area (TPSA) is 70.2 Å². The molecule has 1 rings (SSSR count). The molecule has 0 aromatic rings. The summed E-state index contributed by atoms with van der Waals surface area (Å²) < 4.78 is 0. The van der Waals surface area contributed by atoms with Crippen molar-refractivity contribution < 1.29 is 9.59 Å². The Labute approximate surface area is 103 Å². The highest BCUT2D eigenvalue weighted by molar-refractivity contribution is 5.81. The first-order chi connectivity index (χ1) is 8.13. The molecule has 0 aliphatic carbocycles. The number of amides is 2. The number of hydrogen-bond donors (Lipinski definition) is 3. The minimum Gasteiger partial charge on any atom is -0.355 e. The van der Waals surface area contributed by atoms with E-state index in [0.29, 0.717) is 13.0 Å². The smallest absolute Gasteiger partial charge is 0.236 e. The zero-order chi connectivity index (χ0) is 12.7. The van der Waals surface area contributed by atoms with Crippen LogP contribution in [0.1, 0.15) is 39.5 Å². The molecule has 2 amide bonds. The third-order valence-electron chi connectivity index (χ3n) is 2.98. The van der Waals surface area contributed by atoms with Crippen LogP contribution in [0.15, 0.2) is 0 Å². The van der Waals surface area contributed by atoms with E-state index in [4.69, 9.17) is 0 Å². The van der Waals surface area contributed by atoms with Gasteiger partial charge < -0.3 is 16.0 Å². The number of carbonyl (C=O) groups excluding carboxylic acids is 2. The van der Waals surface area contributed by atoms with Crippen molar-refractivity contribution >= 4 is 11.8 Å². The average Bonchev–Trinajstić information content (AvgIpc) is 2.72. The van der Waals surface area contributed by atoms with Crippen molar-refractivity contribution in [2.45, 2.75) is 51.6 Å². The van der Waals surface area contributed by atoms with Crippen molar-refractivity contribution in [3.63, 3.8) is 0 Å². The SMILES string of the molecule is CCCCNC(=O)C(C)NCC1CCC(=O)N1. The van der Waals surface area contributed by atoms with E-state index in [-0.39, 0.29) is 23.9 Å². The first kappa shape index (κ1) is 14.0. The van der Waals surface area contributed by atoms with Gasteiger partial charge in [0.2, 0.25) is 11.8 Å². The predicted molar refractivity (Wildman–Crippen MR) is 66.5 cm³/mol. The first-order valence-corrected chi connectivity index (χ1v) is 6.44. The maximum absolute atomic E-state index is 11.6. The molecule has 17 heavy (non-hydrogen) atoms. The number of hydrogen-bond acceptors (Lipinski definition) is 3. The maximum atomic E-state index is 11.6. The second-order valence-corrected chi connectivity index (χ2v) is 4.58. The van der Waals surface area contributed by atoms with Gasteiger partial charge in [0.1, 0.15) is 0 Å². The van der Waals surface area contributed by atoms with Crippen molar-refractivity contribution in [1.29, 1.82) is 0 Å². The summed E-state index contributed by atoms with van der Waals surface area (Å²) in [4.78, 5) is 22.6. The van der Waals surface area contributed by atoms with Gasteiger partial charge in [-0.3, -0.25) is 9.59 Å². The van der Waals surface area contributed by atoms with Gasteiger partial charge in [-0.2, -0.15) is 0 Å². The molecule has 3 N–H and O–H groups in total. The van der Waals surface area contributed by atoms with Gasteiger partial charge in [-0.25, -0.2) is 0 Å². The standard InChI is InChI=1S/C12H23N3O2/c1-3-4-7-13-12(17)9(2)14-8-10-5-6-11(16)15-10/h9-10,14H,3-8H2,1-2H3,(H,13,17)(H,15,16). The minimum absolute atomic E-state index is 0.0303. The molecule has 0 spiro atoms. The lowest BCUT2D eigenvalue weighted by atomic mass is 10.2. The van der Waals surface area contributed by atoms with E-state index < -0.39 is 0 Å². The Morgan fingerprint density at radius 1 is 1.59 bits per heavy atom. The highest BCUT2D eigenvalue weighted by Crippen LogP contribution is 2.05. The van der Waals surface area contributed by atoms with Gasteiger partial charge in [-0.15, -0.1) is 0 Å². The number of rotatable bonds is 7. The molecule has 1 heterocycles. The van der Waals surface area contributed by atoms with E-state index in [1.54, 1.807) is 0 Å². The van der Waals surface area contributed by atoms with Crippen molar-refractivity contribution in [1.82, 2.24) is 16.0 Å². The Balaban J connectivity index is 2.13. The summed E-state index contributed by atoms with van der Waals surface area (Å²) in [7, 11) is 0. The van der Waals surface area contributed by atoms with Crippen LogP contribution in [0.4, 0.5) is 0 Å². The summed E-state index contributed by atoms with van der Waals surface area (Å²) in [5.41, 5.74) is 0. The highest BCUT2D eigenvalue weighted by atomic mass is 16.2. The van der Waals surface area contributed by atoms with E-state index >= 15 is 0 Å². The summed E-state index contributed by atoms with van der Waals surface area (Å²) in [6.07, 6.45) is 3.55. The minimum atomic E-state index is -0.204. The third kappa shape index (κ3) is 5.17. The lowest BCUT2D eigenvalue weighted by Gasteiger charge is -2.17. The molecule has 5 heteroatoms. The molecular formula is C12H23N3O2. The van der Waals surface area contributed by atoms with E-state index in [1.807, 2.05) is 6.92 Å². The molecule has 0 radical (unpaired) electrons. The normalized spacial score (nSPS) is 21.1. The first-order valence-electron chi connectivity index (χ1n) is 6.44. The highest BCUT2D eigenvalue weighted by Gasteiger charge is 2.21. The summed E-state index contributed by atoms with van der Waals surface area (Å²) in [6, 6.07) is -0.0299. The molecule has 1 aliphatic rings. The van der Waals surface area contributed by atoms with Crippen molar-refractivity contribution in [3.05, 3.63) is 0 Å². The van der Waals surface area contributed by atoms with Crippen LogP contribution < -0.4 is 16.0 Å². The van der Waals surface area contributed by atoms with Gasteiger partial charge in [-0.05, 0) is 19.8 Å². The molecule has 98 valence electrons. The van der Waals surface area contributed by atoms with Gasteiger partial charge in [-0.1, -0.05) is 13.3 Å². The lowest BCUT2D eigenvalue weighted by molar-refractivity contribution is -0.122. The summed E-state index contributed by atoms with van der Waals surface area (Å²) >= 11 is 0. The van der Waals surface area contributed by atoms with Gasteiger partial charge in [0, 0.05) is 25.6 Å². The Morgan fingerprint density at radius 2 is 2.35 bits per heavy atom. The Kier molecular flexibility index (Phi) is 5.97. The van der Waals surface area contributed by atoms with Crippen LogP contribution in [-0.4, -0.2) is 37.0 Å². The molecule has 1 saturated heterocycles. The largest absolute Gasteiger partial charge is 0.355 e. The molecule has 2 atom stereocenters. The number of unbranched alkanes of at least 4 members (excludes halogenated alkanes) is 1. The molecule has 5 nitrogen and oxygen atoms in total. The Bertz CT molecular complexity index is 268. The zero-order valence-electron chi connectivity index (χ0n) is 10.7. The molecule has 0 saturated carbocycles. The summed E-state index contributed by atoms with van der Waals surface area (Å²) in [6.45, 7) is 5.34. The maximum Gasteiger partial charge on any atom is 0.236 e. The van der Waals surface area contributed by atoms with Crippen LogP contribution >= 0.6 is 0 Å². The fraction of sp³-hybridized carbons (Fsp3) is 0.833. The van der Waals surface area contributed by atoms with E-state index in [1.165, 1.54) is 0 Å². The lowest BCUT2D eigenvalue weighted by Crippen LogP contribution is -2.46. The average molecular weight is 241 g/mol. The Morgan fingerprint density at radius 3 is 2.94 bits per heavy atom. The van der Waals surface area contributed by atoms with Crippen LogP contribution in [-0.2, 0) is 9.59 Å². The van der Waals surface area contributed by atoms with Crippen molar-refractivity contribution in [2.75, 3.05) is 13.1 Å². The molecule has 1 fully saturated rings. The second kappa shape index (κ2) is 7.27. The Hall–Kier alpha value is -1.10. The molecule has 0 bridgehead atoms. The summed E-state index contributed by atoms with van der Waals surface area (Å²) in [5.74, 6) is 0.139. The van der Waals surface area contributed by atoms with Crippen LogP contribution in [0.2, 0.25) is 0 Å². The molecular weight excluding hydrogens is 218 g/mol. The van der Waals surface area contributed by atoms with Gasteiger partial charge in [0.05, 0.1) is 6.04 Å². The number of carbonyl (C=O) groups is 2. The van der Waals surface area contributed by atoms with Crippen molar-refractivity contribution in [2.24, 2.45) is 0 Å². The molecule has 0 aromatic carbocycles. The van der Waals surface area contributed by atoms with Gasteiger partial charge in [0.15, 0.2) is 0 Å².